The van der Waals surface area contributed by atoms with E-state index in [4.69, 9.17) is 0 Å². The zero-order valence-corrected chi connectivity index (χ0v) is 14.2. The fourth-order valence-corrected chi connectivity index (χ4v) is 2.26. The molecule has 0 amide bonds. The highest BCUT2D eigenvalue weighted by Gasteiger charge is 2.12. The molecule has 3 heteroatoms. The average molecular weight is 271 g/mol. The van der Waals surface area contributed by atoms with Gasteiger partial charge in [0, 0.05) is 19.1 Å². The molecule has 0 bridgehead atoms. The molecule has 3 nitrogen and oxygen atoms in total. The second kappa shape index (κ2) is 11.7. The molecule has 0 rings (SSSR count). The number of likely N-dealkylation sites (N-methyl/N-ethyl adjacent to an activating group) is 1. The van der Waals surface area contributed by atoms with Gasteiger partial charge in [0.1, 0.15) is 0 Å². The third-order valence-electron chi connectivity index (χ3n) is 3.50. The van der Waals surface area contributed by atoms with Gasteiger partial charge in [-0.25, -0.2) is 0 Å². The van der Waals surface area contributed by atoms with E-state index in [1.54, 1.807) is 0 Å². The number of rotatable bonds is 12. The Morgan fingerprint density at radius 1 is 1.00 bits per heavy atom. The molecule has 116 valence electrons. The highest BCUT2D eigenvalue weighted by Crippen LogP contribution is 2.07. The molecule has 1 atom stereocenters. The molecule has 0 heterocycles. The van der Waals surface area contributed by atoms with Crippen molar-refractivity contribution in [2.45, 2.75) is 53.0 Å². The number of hydrogen-bond donors (Lipinski definition) is 1. The Kier molecular flexibility index (Phi) is 11.6. The van der Waals surface area contributed by atoms with E-state index in [-0.39, 0.29) is 0 Å². The van der Waals surface area contributed by atoms with E-state index in [9.17, 15) is 0 Å². The summed E-state index contributed by atoms with van der Waals surface area (Å²) >= 11 is 0. The Balaban J connectivity index is 3.80. The van der Waals surface area contributed by atoms with E-state index in [0.29, 0.717) is 6.04 Å². The lowest BCUT2D eigenvalue weighted by Crippen LogP contribution is -2.39. The number of hydrogen-bond acceptors (Lipinski definition) is 3. The van der Waals surface area contributed by atoms with E-state index in [2.05, 4.69) is 56.9 Å². The maximum atomic E-state index is 3.53. The van der Waals surface area contributed by atoms with Crippen molar-refractivity contribution in [3.63, 3.8) is 0 Å². The predicted octanol–water partition coefficient (Wildman–Crippen LogP) is 2.67. The summed E-state index contributed by atoms with van der Waals surface area (Å²) in [6.45, 7) is 15.1. The van der Waals surface area contributed by atoms with Crippen LogP contribution in [0.3, 0.4) is 0 Å². The van der Waals surface area contributed by atoms with Crippen LogP contribution in [0, 0.1) is 5.92 Å². The smallest absolute Gasteiger partial charge is 0.0112 e. The molecule has 0 aliphatic heterocycles. The van der Waals surface area contributed by atoms with Crippen LogP contribution in [0.2, 0.25) is 0 Å². The topological polar surface area (TPSA) is 18.5 Å². The predicted molar refractivity (Wildman–Crippen MR) is 86.8 cm³/mol. The van der Waals surface area contributed by atoms with Crippen LogP contribution >= 0.6 is 0 Å². The zero-order valence-electron chi connectivity index (χ0n) is 14.2. The molecule has 0 aromatic rings. The highest BCUT2D eigenvalue weighted by atomic mass is 15.2. The quantitative estimate of drug-likeness (QED) is 0.551. The van der Waals surface area contributed by atoms with Crippen LogP contribution in [0.5, 0.6) is 0 Å². The van der Waals surface area contributed by atoms with E-state index >= 15 is 0 Å². The minimum atomic E-state index is 0.709. The Morgan fingerprint density at radius 2 is 1.68 bits per heavy atom. The Bertz CT molecular complexity index is 192. The number of nitrogens with one attached hydrogen (secondary N) is 1. The van der Waals surface area contributed by atoms with Gasteiger partial charge in [-0.1, -0.05) is 20.8 Å². The van der Waals surface area contributed by atoms with Gasteiger partial charge in [-0.05, 0) is 65.8 Å². The van der Waals surface area contributed by atoms with Crippen molar-refractivity contribution >= 4 is 0 Å². The first kappa shape index (κ1) is 18.9. The van der Waals surface area contributed by atoms with Crippen molar-refractivity contribution in [2.75, 3.05) is 46.8 Å². The third-order valence-corrected chi connectivity index (χ3v) is 3.50. The lowest BCUT2D eigenvalue weighted by Gasteiger charge is -2.30. The first-order chi connectivity index (χ1) is 8.97. The molecule has 1 unspecified atom stereocenters. The van der Waals surface area contributed by atoms with E-state index in [1.165, 1.54) is 32.4 Å². The van der Waals surface area contributed by atoms with Gasteiger partial charge in [-0.15, -0.1) is 0 Å². The maximum absolute atomic E-state index is 3.53. The largest absolute Gasteiger partial charge is 0.316 e. The molecule has 0 aliphatic rings. The second-order valence-corrected chi connectivity index (χ2v) is 6.43. The lowest BCUT2D eigenvalue weighted by atomic mass is 10.1. The van der Waals surface area contributed by atoms with Gasteiger partial charge in [0.15, 0.2) is 0 Å². The van der Waals surface area contributed by atoms with Crippen molar-refractivity contribution in [3.8, 4) is 0 Å². The minimum Gasteiger partial charge on any atom is -0.316 e. The average Bonchev–Trinajstić information content (AvgIpc) is 2.33. The molecule has 19 heavy (non-hydrogen) atoms. The molecule has 0 spiro atoms. The standard InChI is InChI=1S/C16H37N3/c1-7-11-19(13-12-18(5)6)16(4)9-8-10-17-14-15(2)3/h15-17H,7-14H2,1-6H3. The summed E-state index contributed by atoms with van der Waals surface area (Å²) in [5, 5.41) is 3.53. The van der Waals surface area contributed by atoms with Crippen LogP contribution in [0.15, 0.2) is 0 Å². The van der Waals surface area contributed by atoms with Gasteiger partial charge in [0.25, 0.3) is 0 Å². The summed E-state index contributed by atoms with van der Waals surface area (Å²) in [6.07, 6.45) is 3.85. The van der Waals surface area contributed by atoms with Crippen molar-refractivity contribution < 1.29 is 0 Å². The monoisotopic (exact) mass is 271 g/mol. The first-order valence-electron chi connectivity index (χ1n) is 8.06. The van der Waals surface area contributed by atoms with Crippen LogP contribution in [0.25, 0.3) is 0 Å². The Labute approximate surface area is 121 Å². The summed E-state index contributed by atoms with van der Waals surface area (Å²) < 4.78 is 0. The van der Waals surface area contributed by atoms with E-state index < -0.39 is 0 Å². The number of nitrogens with zero attached hydrogens (tertiary/aromatic N) is 2. The van der Waals surface area contributed by atoms with Crippen LogP contribution < -0.4 is 5.32 Å². The molecule has 0 fully saturated rings. The summed E-state index contributed by atoms with van der Waals surface area (Å²) in [5.74, 6) is 0.758. The minimum absolute atomic E-state index is 0.709. The van der Waals surface area contributed by atoms with Crippen molar-refractivity contribution in [1.29, 1.82) is 0 Å². The van der Waals surface area contributed by atoms with Gasteiger partial charge in [-0.2, -0.15) is 0 Å². The fraction of sp³-hybridized carbons (Fsp3) is 1.00. The Hall–Kier alpha value is -0.120. The lowest BCUT2D eigenvalue weighted by molar-refractivity contribution is 0.179. The van der Waals surface area contributed by atoms with Crippen molar-refractivity contribution in [3.05, 3.63) is 0 Å². The highest BCUT2D eigenvalue weighted by molar-refractivity contribution is 4.69. The Morgan fingerprint density at radius 3 is 2.21 bits per heavy atom. The van der Waals surface area contributed by atoms with E-state index in [1.807, 2.05) is 0 Å². The van der Waals surface area contributed by atoms with Gasteiger partial charge in [0.2, 0.25) is 0 Å². The van der Waals surface area contributed by atoms with Gasteiger partial charge in [-0.3, -0.25) is 4.90 Å². The molecular formula is C16H37N3. The molecule has 0 saturated carbocycles. The fourth-order valence-electron chi connectivity index (χ4n) is 2.26. The maximum Gasteiger partial charge on any atom is 0.0112 e. The molecule has 1 N–H and O–H groups in total. The molecule has 0 radical (unpaired) electrons. The van der Waals surface area contributed by atoms with Crippen LogP contribution in [-0.4, -0.2) is 62.7 Å². The van der Waals surface area contributed by atoms with Crippen LogP contribution in [-0.2, 0) is 0 Å². The summed E-state index contributed by atoms with van der Waals surface area (Å²) in [4.78, 5) is 4.92. The zero-order chi connectivity index (χ0) is 14.7. The third kappa shape index (κ3) is 11.4. The first-order valence-corrected chi connectivity index (χ1v) is 8.06. The summed E-state index contributed by atoms with van der Waals surface area (Å²) in [7, 11) is 4.31. The summed E-state index contributed by atoms with van der Waals surface area (Å²) in [5.41, 5.74) is 0. The summed E-state index contributed by atoms with van der Waals surface area (Å²) in [6, 6.07) is 0.709. The van der Waals surface area contributed by atoms with Crippen LogP contribution in [0.4, 0.5) is 0 Å². The van der Waals surface area contributed by atoms with Gasteiger partial charge < -0.3 is 10.2 Å². The molecular weight excluding hydrogens is 234 g/mol. The second-order valence-electron chi connectivity index (χ2n) is 6.43. The normalized spacial score (nSPS) is 13.7. The molecule has 0 aromatic carbocycles. The molecule has 0 aromatic heterocycles. The van der Waals surface area contributed by atoms with Crippen LogP contribution in [0.1, 0.15) is 47.0 Å². The van der Waals surface area contributed by atoms with Gasteiger partial charge in [0.05, 0.1) is 0 Å². The van der Waals surface area contributed by atoms with Crippen molar-refractivity contribution in [1.82, 2.24) is 15.1 Å². The SMILES string of the molecule is CCCN(CCN(C)C)C(C)CCCNCC(C)C. The molecule has 0 aliphatic carbocycles. The molecule has 0 saturated heterocycles. The van der Waals surface area contributed by atoms with Gasteiger partial charge >= 0.3 is 0 Å². The van der Waals surface area contributed by atoms with E-state index in [0.717, 1.165) is 25.6 Å². The van der Waals surface area contributed by atoms with Crippen molar-refractivity contribution in [2.24, 2.45) is 5.92 Å².